The lowest BCUT2D eigenvalue weighted by Gasteiger charge is -2.35. The fourth-order valence-corrected chi connectivity index (χ4v) is 3.90. The Bertz CT molecular complexity index is 785. The van der Waals surface area contributed by atoms with Crippen LogP contribution in [-0.4, -0.2) is 36.8 Å². The van der Waals surface area contributed by atoms with Crippen molar-refractivity contribution in [3.05, 3.63) is 59.2 Å². The number of piperidine rings is 1. The molecule has 1 unspecified atom stereocenters. The Labute approximate surface area is 174 Å². The number of rotatable bonds is 6. The summed E-state index contributed by atoms with van der Waals surface area (Å²) in [6.07, 6.45) is 3.85. The summed E-state index contributed by atoms with van der Waals surface area (Å²) < 4.78 is 5.32. The van der Waals surface area contributed by atoms with E-state index in [9.17, 15) is 0 Å². The lowest BCUT2D eigenvalue weighted by molar-refractivity contribution is 0.164. The van der Waals surface area contributed by atoms with Crippen LogP contribution in [0.2, 0.25) is 0 Å². The van der Waals surface area contributed by atoms with Crippen LogP contribution in [0.3, 0.4) is 0 Å². The van der Waals surface area contributed by atoms with E-state index in [0.717, 1.165) is 31.1 Å². The number of nitrogens with zero attached hydrogens (tertiary/aromatic N) is 1. The molecule has 2 aromatic carbocycles. The van der Waals surface area contributed by atoms with E-state index in [1.165, 1.54) is 36.0 Å². The number of likely N-dealkylation sites (tertiary alicyclic amines) is 1. The highest BCUT2D eigenvalue weighted by Crippen LogP contribution is 2.26. The second-order valence-corrected chi connectivity index (χ2v) is 7.93. The average molecular weight is 398 g/mol. The quantitative estimate of drug-likeness (QED) is 0.683. The second-order valence-electron chi connectivity index (χ2n) is 7.52. The molecule has 150 valence electrons. The first kappa shape index (κ1) is 20.6. The number of thiocarbonyl (C=S) groups is 1. The first-order chi connectivity index (χ1) is 13.6. The third-order valence-electron chi connectivity index (χ3n) is 5.55. The first-order valence-corrected chi connectivity index (χ1v) is 10.5. The Kier molecular flexibility index (Phi) is 7.29. The van der Waals surface area contributed by atoms with Crippen LogP contribution in [0.1, 0.15) is 42.0 Å². The van der Waals surface area contributed by atoms with Gasteiger partial charge in [0.1, 0.15) is 5.75 Å². The van der Waals surface area contributed by atoms with Crippen molar-refractivity contribution in [1.82, 2.24) is 10.2 Å². The summed E-state index contributed by atoms with van der Waals surface area (Å²) in [6.45, 7) is 7.29. The number of ether oxygens (including phenoxy) is 1. The topological polar surface area (TPSA) is 36.5 Å². The molecular formula is C23H31N3OS. The molecule has 28 heavy (non-hydrogen) atoms. The molecular weight excluding hydrogens is 366 g/mol. The molecule has 1 aliphatic heterocycles. The molecule has 1 saturated heterocycles. The van der Waals surface area contributed by atoms with Crippen molar-refractivity contribution in [2.75, 3.05) is 32.1 Å². The van der Waals surface area contributed by atoms with Crippen LogP contribution in [-0.2, 0) is 0 Å². The van der Waals surface area contributed by atoms with Gasteiger partial charge in [-0.1, -0.05) is 24.6 Å². The van der Waals surface area contributed by atoms with Crippen LogP contribution in [0.5, 0.6) is 5.75 Å². The third kappa shape index (κ3) is 5.46. The van der Waals surface area contributed by atoms with Crippen molar-refractivity contribution < 1.29 is 4.74 Å². The minimum absolute atomic E-state index is 0.297. The molecule has 0 aromatic heterocycles. The van der Waals surface area contributed by atoms with Crippen molar-refractivity contribution in [3.63, 3.8) is 0 Å². The van der Waals surface area contributed by atoms with Gasteiger partial charge in [-0.25, -0.2) is 0 Å². The highest BCUT2D eigenvalue weighted by atomic mass is 32.1. The molecule has 0 saturated carbocycles. The van der Waals surface area contributed by atoms with Gasteiger partial charge in [-0.15, -0.1) is 0 Å². The summed E-state index contributed by atoms with van der Waals surface area (Å²) in [5.41, 5.74) is 4.87. The number of hydrogen-bond acceptors (Lipinski definition) is 3. The summed E-state index contributed by atoms with van der Waals surface area (Å²) in [7, 11) is 1.70. The van der Waals surface area contributed by atoms with Crippen LogP contribution in [0.4, 0.5) is 5.69 Å². The van der Waals surface area contributed by atoms with Crippen LogP contribution in [0.25, 0.3) is 0 Å². The van der Waals surface area contributed by atoms with Crippen molar-refractivity contribution >= 4 is 23.0 Å². The van der Waals surface area contributed by atoms with E-state index in [1.54, 1.807) is 7.11 Å². The highest BCUT2D eigenvalue weighted by molar-refractivity contribution is 7.80. The maximum Gasteiger partial charge on any atom is 0.170 e. The molecule has 3 rings (SSSR count). The molecule has 0 bridgehead atoms. The number of anilines is 1. The van der Waals surface area contributed by atoms with Gasteiger partial charge in [-0.05, 0) is 93.0 Å². The van der Waals surface area contributed by atoms with Crippen LogP contribution >= 0.6 is 12.2 Å². The number of benzene rings is 2. The summed E-state index contributed by atoms with van der Waals surface area (Å²) in [4.78, 5) is 2.57. The standard InChI is InChI=1S/C23H31N3OS/c1-17-7-10-20(15-18(17)2)25-23(28)24-16-22(26-13-5-4-6-14-26)19-8-11-21(27-3)12-9-19/h7-12,15,22H,4-6,13-14,16H2,1-3H3,(H2,24,25,28). The highest BCUT2D eigenvalue weighted by Gasteiger charge is 2.22. The molecule has 1 heterocycles. The molecule has 0 amide bonds. The summed E-state index contributed by atoms with van der Waals surface area (Å²) >= 11 is 5.56. The van der Waals surface area contributed by atoms with Crippen LogP contribution in [0, 0.1) is 13.8 Å². The van der Waals surface area contributed by atoms with Crippen molar-refractivity contribution in [1.29, 1.82) is 0 Å². The zero-order chi connectivity index (χ0) is 19.9. The fourth-order valence-electron chi connectivity index (χ4n) is 3.70. The van der Waals surface area contributed by atoms with Gasteiger partial charge in [-0.3, -0.25) is 4.90 Å². The van der Waals surface area contributed by atoms with E-state index in [1.807, 2.05) is 12.1 Å². The Morgan fingerprint density at radius 3 is 2.39 bits per heavy atom. The van der Waals surface area contributed by atoms with Gasteiger partial charge < -0.3 is 15.4 Å². The minimum Gasteiger partial charge on any atom is -0.497 e. The average Bonchev–Trinajstić information content (AvgIpc) is 2.72. The normalized spacial score (nSPS) is 15.7. The van der Waals surface area contributed by atoms with Gasteiger partial charge >= 0.3 is 0 Å². The van der Waals surface area contributed by atoms with Crippen molar-refractivity contribution in [2.24, 2.45) is 0 Å². The predicted molar refractivity (Wildman–Crippen MR) is 121 cm³/mol. The SMILES string of the molecule is COc1ccc(C(CNC(=S)Nc2ccc(C)c(C)c2)N2CCCCC2)cc1. The Morgan fingerprint density at radius 1 is 1.04 bits per heavy atom. The zero-order valence-electron chi connectivity index (χ0n) is 17.1. The maximum atomic E-state index is 5.56. The molecule has 1 fully saturated rings. The van der Waals surface area contributed by atoms with E-state index < -0.39 is 0 Å². The Morgan fingerprint density at radius 2 is 1.75 bits per heavy atom. The molecule has 0 spiro atoms. The molecule has 1 atom stereocenters. The molecule has 0 radical (unpaired) electrons. The van der Waals surface area contributed by atoms with Crippen LogP contribution in [0.15, 0.2) is 42.5 Å². The number of methoxy groups -OCH3 is 1. The first-order valence-electron chi connectivity index (χ1n) is 10.1. The predicted octanol–water partition coefficient (Wildman–Crippen LogP) is 4.83. The molecule has 0 aliphatic carbocycles. The van der Waals surface area contributed by atoms with Crippen molar-refractivity contribution in [3.8, 4) is 5.75 Å². The number of aryl methyl sites for hydroxylation is 2. The fraction of sp³-hybridized carbons (Fsp3) is 0.435. The van der Waals surface area contributed by atoms with E-state index in [-0.39, 0.29) is 0 Å². The van der Waals surface area contributed by atoms with Crippen LogP contribution < -0.4 is 15.4 Å². The summed E-state index contributed by atoms with van der Waals surface area (Å²) in [5, 5.41) is 7.42. The largest absolute Gasteiger partial charge is 0.497 e. The van der Waals surface area contributed by atoms with Gasteiger partial charge in [0.25, 0.3) is 0 Å². The minimum atomic E-state index is 0.297. The Balaban J connectivity index is 1.66. The monoisotopic (exact) mass is 397 g/mol. The summed E-state index contributed by atoms with van der Waals surface area (Å²) in [5.74, 6) is 0.890. The molecule has 5 heteroatoms. The summed E-state index contributed by atoms with van der Waals surface area (Å²) in [6, 6.07) is 15.0. The molecule has 4 nitrogen and oxygen atoms in total. The smallest absolute Gasteiger partial charge is 0.170 e. The molecule has 2 aromatic rings. The lowest BCUT2D eigenvalue weighted by Crippen LogP contribution is -2.41. The second kappa shape index (κ2) is 9.89. The van der Waals surface area contributed by atoms with E-state index in [0.29, 0.717) is 11.2 Å². The zero-order valence-corrected chi connectivity index (χ0v) is 17.9. The van der Waals surface area contributed by atoms with Gasteiger partial charge in [0.05, 0.1) is 13.2 Å². The molecule has 1 aliphatic rings. The van der Waals surface area contributed by atoms with E-state index in [4.69, 9.17) is 17.0 Å². The van der Waals surface area contributed by atoms with Gasteiger partial charge in [0.15, 0.2) is 5.11 Å². The number of hydrogen-bond donors (Lipinski definition) is 2. The lowest BCUT2D eigenvalue weighted by atomic mass is 10.0. The van der Waals surface area contributed by atoms with Gasteiger partial charge in [0, 0.05) is 12.2 Å². The maximum absolute atomic E-state index is 5.56. The van der Waals surface area contributed by atoms with Gasteiger partial charge in [0.2, 0.25) is 0 Å². The van der Waals surface area contributed by atoms with Crippen molar-refractivity contribution in [2.45, 2.75) is 39.2 Å². The number of nitrogens with one attached hydrogen (secondary N) is 2. The Hall–Kier alpha value is -2.11. The van der Waals surface area contributed by atoms with E-state index >= 15 is 0 Å². The van der Waals surface area contributed by atoms with E-state index in [2.05, 4.69) is 59.7 Å². The molecule has 2 N–H and O–H groups in total. The third-order valence-corrected chi connectivity index (χ3v) is 5.80. The van der Waals surface area contributed by atoms with Gasteiger partial charge in [-0.2, -0.15) is 0 Å².